The maximum absolute atomic E-state index is 14.3. The molecule has 1 aliphatic heterocycles. The fourth-order valence-corrected chi connectivity index (χ4v) is 8.16. The van der Waals surface area contributed by atoms with E-state index in [1.807, 2.05) is 0 Å². The lowest BCUT2D eigenvalue weighted by Gasteiger charge is -2.38. The summed E-state index contributed by atoms with van der Waals surface area (Å²) in [5.74, 6) is -0.958. The van der Waals surface area contributed by atoms with E-state index in [4.69, 9.17) is 23.4 Å². The number of fused-ring (bicyclic) bond motifs is 1. The van der Waals surface area contributed by atoms with Gasteiger partial charge in [-0.05, 0) is 128 Å². The minimum atomic E-state index is -0.715. The average Bonchev–Trinajstić information content (AvgIpc) is 3.77. The molecule has 2 heterocycles. The fraction of sp³-hybridized carbons (Fsp3) is 0.692. The number of furan rings is 1. The van der Waals surface area contributed by atoms with E-state index >= 15 is 0 Å². The minimum absolute atomic E-state index is 0.000522. The van der Waals surface area contributed by atoms with Crippen molar-refractivity contribution in [3.05, 3.63) is 30.0 Å². The molecule has 0 unspecified atom stereocenters. The molecule has 288 valence electrons. The molecular weight excluding hydrogens is 673 g/mol. The summed E-state index contributed by atoms with van der Waals surface area (Å²) in [6.07, 6.45) is 6.02. The van der Waals surface area contributed by atoms with Crippen molar-refractivity contribution >= 4 is 40.5 Å². The van der Waals surface area contributed by atoms with Crippen LogP contribution in [0.3, 0.4) is 0 Å². The monoisotopic (exact) mass is 729 g/mol. The number of alkyl carbamates (subject to hydrolysis) is 1. The summed E-state index contributed by atoms with van der Waals surface area (Å²) in [6.45, 7) is 6.93. The predicted molar refractivity (Wildman–Crippen MR) is 193 cm³/mol. The number of likely N-dealkylation sites (tertiary alicyclic amines) is 1. The van der Waals surface area contributed by atoms with Gasteiger partial charge in [-0.15, -0.1) is 0 Å². The molecule has 3 aliphatic rings. The summed E-state index contributed by atoms with van der Waals surface area (Å²) in [6, 6.07) is 5.42. The number of alkyl halides is 1. The second-order valence-corrected chi connectivity index (χ2v) is 15.7. The van der Waals surface area contributed by atoms with Gasteiger partial charge in [0.15, 0.2) is 0 Å². The number of carbonyl (C=O) groups is 4. The zero-order chi connectivity index (χ0) is 37.6. The van der Waals surface area contributed by atoms with E-state index in [0.29, 0.717) is 48.9 Å². The third-order valence-electron chi connectivity index (χ3n) is 11.0. The van der Waals surface area contributed by atoms with Crippen LogP contribution in [0.25, 0.3) is 11.0 Å². The Labute approximate surface area is 305 Å². The number of ether oxygens (including phenoxy) is 4. The quantitative estimate of drug-likeness (QED) is 0.229. The van der Waals surface area contributed by atoms with Gasteiger partial charge in [0.25, 0.3) is 0 Å². The first kappa shape index (κ1) is 39.5. The first-order valence-electron chi connectivity index (χ1n) is 18.7. The van der Waals surface area contributed by atoms with E-state index in [1.165, 1.54) is 7.11 Å². The number of nitrogens with one attached hydrogen (secondary N) is 2. The van der Waals surface area contributed by atoms with E-state index in [2.05, 4.69) is 10.6 Å². The zero-order valence-corrected chi connectivity index (χ0v) is 31.4. The molecule has 2 aliphatic carbocycles. The number of halogens is 1. The normalized spacial score (nSPS) is 26.4. The topological polar surface area (TPSA) is 146 Å². The molecule has 3 fully saturated rings. The molecule has 52 heavy (non-hydrogen) atoms. The summed E-state index contributed by atoms with van der Waals surface area (Å²) >= 11 is 0. The predicted octanol–water partition coefficient (Wildman–Crippen LogP) is 6.65. The highest BCUT2D eigenvalue weighted by Gasteiger charge is 2.47. The molecule has 12 nitrogen and oxygen atoms in total. The van der Waals surface area contributed by atoms with Crippen LogP contribution in [0.15, 0.2) is 28.7 Å². The number of anilines is 1. The van der Waals surface area contributed by atoms with Crippen LogP contribution in [-0.4, -0.2) is 92.7 Å². The first-order valence-corrected chi connectivity index (χ1v) is 18.7. The number of amides is 3. The molecule has 1 aromatic carbocycles. The standard InChI is InChI=1S/C39H56FN3O9/c1-23(48-5)22-50-37(46)33-20-27-19-28(13-16-32(27)51-33)41-35(44)34-30(24-11-14-29(49-6)15-12-24)17-18-43(34)36(45)26-9-7-25(8-10-26)31(21-40)42-38(47)52-39(2,3)4/h13,16,19-20,23-26,29-31,34H,7-12,14-15,17-18,21-22H2,1-6H3,(H,41,44)(H,42,47)/t23-,24?,25-,26-,29?,30-,31+,34-/m0/s1. The molecule has 1 aromatic heterocycles. The van der Waals surface area contributed by atoms with Crippen molar-refractivity contribution in [2.45, 2.75) is 115 Å². The van der Waals surface area contributed by atoms with Crippen molar-refractivity contribution in [1.29, 1.82) is 0 Å². The Morgan fingerprint density at radius 1 is 0.981 bits per heavy atom. The van der Waals surface area contributed by atoms with Crippen molar-refractivity contribution in [3.8, 4) is 0 Å². The van der Waals surface area contributed by atoms with E-state index < -0.39 is 36.4 Å². The minimum Gasteiger partial charge on any atom is -0.457 e. The van der Waals surface area contributed by atoms with Crippen LogP contribution in [0.4, 0.5) is 14.9 Å². The fourth-order valence-electron chi connectivity index (χ4n) is 8.16. The van der Waals surface area contributed by atoms with Gasteiger partial charge in [-0.1, -0.05) is 0 Å². The van der Waals surface area contributed by atoms with Crippen molar-refractivity contribution in [2.24, 2.45) is 23.7 Å². The molecule has 2 aromatic rings. The maximum Gasteiger partial charge on any atom is 0.407 e. The number of hydrogen-bond acceptors (Lipinski definition) is 9. The van der Waals surface area contributed by atoms with Crippen LogP contribution in [-0.2, 0) is 28.5 Å². The number of carbonyl (C=O) groups excluding carboxylic acids is 4. The Morgan fingerprint density at radius 2 is 1.69 bits per heavy atom. The van der Waals surface area contributed by atoms with Crippen LogP contribution < -0.4 is 10.6 Å². The van der Waals surface area contributed by atoms with Crippen LogP contribution >= 0.6 is 0 Å². The number of methoxy groups -OCH3 is 2. The summed E-state index contributed by atoms with van der Waals surface area (Å²) in [7, 11) is 3.27. The Hall–Kier alpha value is -3.71. The number of benzene rings is 1. The van der Waals surface area contributed by atoms with E-state index in [-0.39, 0.29) is 60.1 Å². The molecule has 2 N–H and O–H groups in total. The number of rotatable bonds is 12. The smallest absolute Gasteiger partial charge is 0.407 e. The van der Waals surface area contributed by atoms with Gasteiger partial charge in [-0.3, -0.25) is 9.59 Å². The summed E-state index contributed by atoms with van der Waals surface area (Å²) in [5.41, 5.74) is 0.313. The van der Waals surface area contributed by atoms with Gasteiger partial charge in [0, 0.05) is 37.8 Å². The Morgan fingerprint density at radius 3 is 2.33 bits per heavy atom. The van der Waals surface area contributed by atoms with Gasteiger partial charge in [-0.25, -0.2) is 14.0 Å². The Balaban J connectivity index is 1.27. The van der Waals surface area contributed by atoms with E-state index in [1.54, 1.807) is 64.0 Å². The zero-order valence-electron chi connectivity index (χ0n) is 31.4. The van der Waals surface area contributed by atoms with Gasteiger partial charge >= 0.3 is 12.1 Å². The third-order valence-corrected chi connectivity index (χ3v) is 11.0. The van der Waals surface area contributed by atoms with E-state index in [9.17, 15) is 23.6 Å². The molecule has 4 atom stereocenters. The molecule has 1 saturated heterocycles. The van der Waals surface area contributed by atoms with Gasteiger partial charge < -0.3 is 38.9 Å². The lowest BCUT2D eigenvalue weighted by atomic mass is 9.75. The maximum atomic E-state index is 14.3. The molecule has 2 saturated carbocycles. The highest BCUT2D eigenvalue weighted by molar-refractivity contribution is 6.00. The number of esters is 1. The molecular formula is C39H56FN3O9. The SMILES string of the molecule is COC1CCC([C@@H]2CCN(C(=O)[C@H]3CC[C@H]([C@@H](CF)NC(=O)OC(C)(C)C)CC3)[C@@H]2C(=O)Nc2ccc3oc(C(=O)OC[C@H](C)OC)cc3c2)CC1. The second-order valence-electron chi connectivity index (χ2n) is 15.7. The second kappa shape index (κ2) is 17.4. The van der Waals surface area contributed by atoms with Crippen molar-refractivity contribution in [3.63, 3.8) is 0 Å². The van der Waals surface area contributed by atoms with Crippen LogP contribution in [0.5, 0.6) is 0 Å². The summed E-state index contributed by atoms with van der Waals surface area (Å²) in [4.78, 5) is 55.2. The van der Waals surface area contributed by atoms with Gasteiger partial charge in [0.05, 0.1) is 18.2 Å². The third kappa shape index (κ3) is 9.83. The van der Waals surface area contributed by atoms with Crippen LogP contribution in [0, 0.1) is 23.7 Å². The Kier molecular flexibility index (Phi) is 13.2. The molecule has 5 rings (SSSR count). The van der Waals surface area contributed by atoms with Crippen molar-refractivity contribution in [1.82, 2.24) is 10.2 Å². The van der Waals surface area contributed by atoms with Crippen LogP contribution in [0.1, 0.15) is 96.0 Å². The Bertz CT molecular complexity index is 1540. The highest BCUT2D eigenvalue weighted by atomic mass is 19.1. The number of nitrogens with zero attached hydrogens (tertiary/aromatic N) is 1. The number of hydrogen-bond donors (Lipinski definition) is 2. The molecule has 0 bridgehead atoms. The van der Waals surface area contributed by atoms with Crippen LogP contribution in [0.2, 0.25) is 0 Å². The molecule has 0 radical (unpaired) electrons. The summed E-state index contributed by atoms with van der Waals surface area (Å²) < 4.78 is 41.2. The lowest BCUT2D eigenvalue weighted by molar-refractivity contribution is -0.142. The average molecular weight is 730 g/mol. The molecule has 0 spiro atoms. The van der Waals surface area contributed by atoms with Gasteiger partial charge in [0.1, 0.15) is 30.5 Å². The van der Waals surface area contributed by atoms with E-state index in [0.717, 1.165) is 32.1 Å². The molecule has 3 amide bonds. The first-order chi connectivity index (χ1) is 24.8. The van der Waals surface area contributed by atoms with Gasteiger partial charge in [-0.2, -0.15) is 0 Å². The molecule has 13 heteroatoms. The largest absolute Gasteiger partial charge is 0.457 e. The highest BCUT2D eigenvalue weighted by Crippen LogP contribution is 2.42. The summed E-state index contributed by atoms with van der Waals surface area (Å²) in [5, 5.41) is 6.39. The van der Waals surface area contributed by atoms with Gasteiger partial charge in [0.2, 0.25) is 17.6 Å². The van der Waals surface area contributed by atoms with Crippen molar-refractivity contribution in [2.75, 3.05) is 39.4 Å². The lowest BCUT2D eigenvalue weighted by Crippen LogP contribution is -2.50. The van der Waals surface area contributed by atoms with Crippen molar-refractivity contribution < 1.29 is 46.9 Å².